The van der Waals surface area contributed by atoms with Gasteiger partial charge in [0.15, 0.2) is 0 Å². The monoisotopic (exact) mass is 193 g/mol. The summed E-state index contributed by atoms with van der Waals surface area (Å²) in [4.78, 5) is 0. The van der Waals surface area contributed by atoms with Gasteiger partial charge in [-0.3, -0.25) is 0 Å². The molecule has 0 saturated carbocycles. The lowest BCUT2D eigenvalue weighted by Gasteiger charge is -2.03. The van der Waals surface area contributed by atoms with Gasteiger partial charge in [-0.1, -0.05) is 24.3 Å². The van der Waals surface area contributed by atoms with Crippen molar-refractivity contribution in [3.05, 3.63) is 29.8 Å². The van der Waals surface area contributed by atoms with Crippen LogP contribution in [0.1, 0.15) is 12.0 Å². The van der Waals surface area contributed by atoms with Crippen molar-refractivity contribution in [1.82, 2.24) is 5.32 Å². The molecule has 0 unspecified atom stereocenters. The molecule has 0 aromatic heterocycles. The van der Waals surface area contributed by atoms with Gasteiger partial charge in [0.25, 0.3) is 0 Å². The highest BCUT2D eigenvalue weighted by molar-refractivity contribution is 6.58. The highest BCUT2D eigenvalue weighted by Gasteiger charge is 2.09. The normalized spacial score (nSPS) is 10.2. The number of hydrogen-bond acceptors (Lipinski definition) is 3. The minimum atomic E-state index is -1.36. The first-order chi connectivity index (χ1) is 6.74. The molecule has 3 nitrogen and oxygen atoms in total. The number of hydrogen-bond donors (Lipinski definition) is 3. The first kappa shape index (κ1) is 11.2. The Hall–Kier alpha value is -0.835. The van der Waals surface area contributed by atoms with Crippen LogP contribution in [0.5, 0.6) is 0 Å². The van der Waals surface area contributed by atoms with Crippen LogP contribution >= 0.6 is 0 Å². The summed E-state index contributed by atoms with van der Waals surface area (Å²) in [6.07, 6.45) is 2.11. The Morgan fingerprint density at radius 3 is 2.36 bits per heavy atom. The first-order valence-electron chi connectivity index (χ1n) is 4.83. The van der Waals surface area contributed by atoms with Crippen molar-refractivity contribution in [2.45, 2.75) is 12.8 Å². The van der Waals surface area contributed by atoms with E-state index in [1.54, 1.807) is 12.1 Å². The fourth-order valence-corrected chi connectivity index (χ4v) is 1.33. The summed E-state index contributed by atoms with van der Waals surface area (Å²) < 4.78 is 0. The van der Waals surface area contributed by atoms with Gasteiger partial charge < -0.3 is 15.4 Å². The molecule has 0 aliphatic carbocycles. The molecule has 14 heavy (non-hydrogen) atoms. The van der Waals surface area contributed by atoms with E-state index in [0.29, 0.717) is 5.46 Å². The van der Waals surface area contributed by atoms with E-state index in [4.69, 9.17) is 10.0 Å². The molecule has 0 atom stereocenters. The van der Waals surface area contributed by atoms with Gasteiger partial charge >= 0.3 is 7.12 Å². The Kier molecular flexibility index (Phi) is 4.66. The van der Waals surface area contributed by atoms with Crippen LogP contribution < -0.4 is 10.8 Å². The molecule has 0 aliphatic heterocycles. The molecular formula is C10H16BNO2. The number of aryl methyl sites for hydroxylation is 1. The highest BCUT2D eigenvalue weighted by atomic mass is 16.4. The number of nitrogens with one attached hydrogen (secondary N) is 1. The van der Waals surface area contributed by atoms with E-state index in [0.717, 1.165) is 19.4 Å². The Morgan fingerprint density at radius 2 is 1.86 bits per heavy atom. The van der Waals surface area contributed by atoms with Crippen molar-refractivity contribution in [2.75, 3.05) is 13.6 Å². The summed E-state index contributed by atoms with van der Waals surface area (Å²) in [5.74, 6) is 0. The first-order valence-corrected chi connectivity index (χ1v) is 4.83. The zero-order valence-electron chi connectivity index (χ0n) is 8.40. The molecule has 4 heteroatoms. The van der Waals surface area contributed by atoms with Crippen LogP contribution in [0.3, 0.4) is 0 Å². The van der Waals surface area contributed by atoms with Gasteiger partial charge in [-0.2, -0.15) is 0 Å². The summed E-state index contributed by atoms with van der Waals surface area (Å²) in [5.41, 5.74) is 1.77. The summed E-state index contributed by atoms with van der Waals surface area (Å²) in [6, 6.07) is 7.37. The molecule has 0 spiro atoms. The van der Waals surface area contributed by atoms with Crippen molar-refractivity contribution < 1.29 is 10.0 Å². The van der Waals surface area contributed by atoms with Gasteiger partial charge in [0.05, 0.1) is 0 Å². The van der Waals surface area contributed by atoms with Crippen LogP contribution in [0.4, 0.5) is 0 Å². The van der Waals surface area contributed by atoms with E-state index in [2.05, 4.69) is 5.32 Å². The maximum atomic E-state index is 8.87. The fourth-order valence-electron chi connectivity index (χ4n) is 1.33. The molecule has 0 amide bonds. The Bertz CT molecular complexity index is 261. The standard InChI is InChI=1S/C10H16BNO2/c1-12-8-2-3-9-4-6-10(7-5-9)11(13)14/h4-7,12-14H,2-3,8H2,1H3. The topological polar surface area (TPSA) is 52.5 Å². The van der Waals surface area contributed by atoms with Crippen molar-refractivity contribution in [1.29, 1.82) is 0 Å². The molecule has 0 fully saturated rings. The van der Waals surface area contributed by atoms with E-state index in [-0.39, 0.29) is 0 Å². The van der Waals surface area contributed by atoms with Gasteiger partial charge in [0.2, 0.25) is 0 Å². The van der Waals surface area contributed by atoms with E-state index in [1.165, 1.54) is 5.56 Å². The van der Waals surface area contributed by atoms with Gasteiger partial charge in [-0.25, -0.2) is 0 Å². The van der Waals surface area contributed by atoms with E-state index < -0.39 is 7.12 Å². The molecule has 3 N–H and O–H groups in total. The van der Waals surface area contributed by atoms with Crippen molar-refractivity contribution in [2.24, 2.45) is 0 Å². The van der Waals surface area contributed by atoms with Gasteiger partial charge in [-0.05, 0) is 37.5 Å². The van der Waals surface area contributed by atoms with Gasteiger partial charge in [0, 0.05) is 0 Å². The summed E-state index contributed by atoms with van der Waals surface area (Å²) in [6.45, 7) is 1.00. The molecule has 0 saturated heterocycles. The second-order valence-electron chi connectivity index (χ2n) is 3.32. The highest BCUT2D eigenvalue weighted by Crippen LogP contribution is 2.00. The van der Waals surface area contributed by atoms with Crippen molar-refractivity contribution in [3.63, 3.8) is 0 Å². The Morgan fingerprint density at radius 1 is 1.21 bits per heavy atom. The quantitative estimate of drug-likeness (QED) is 0.437. The largest absolute Gasteiger partial charge is 0.488 e. The summed E-state index contributed by atoms with van der Waals surface area (Å²) in [5, 5.41) is 20.8. The molecule has 0 radical (unpaired) electrons. The average Bonchev–Trinajstić information content (AvgIpc) is 2.19. The summed E-state index contributed by atoms with van der Waals surface area (Å²) in [7, 11) is 0.576. The molecule has 1 aromatic rings. The lowest BCUT2D eigenvalue weighted by molar-refractivity contribution is 0.426. The van der Waals surface area contributed by atoms with Crippen LogP contribution in [0, 0.1) is 0 Å². The van der Waals surface area contributed by atoms with E-state index in [1.807, 2.05) is 19.2 Å². The minimum absolute atomic E-state index is 0.544. The maximum Gasteiger partial charge on any atom is 0.488 e. The zero-order valence-corrected chi connectivity index (χ0v) is 8.40. The Balaban J connectivity index is 2.47. The second kappa shape index (κ2) is 5.80. The van der Waals surface area contributed by atoms with Crippen LogP contribution in [-0.2, 0) is 6.42 Å². The zero-order chi connectivity index (χ0) is 10.4. The van der Waals surface area contributed by atoms with Crippen LogP contribution in [0.25, 0.3) is 0 Å². The molecule has 76 valence electrons. The summed E-state index contributed by atoms with van der Waals surface area (Å²) >= 11 is 0. The fraction of sp³-hybridized carbons (Fsp3) is 0.400. The lowest BCUT2D eigenvalue weighted by atomic mass is 9.80. The van der Waals surface area contributed by atoms with Gasteiger partial charge in [0.1, 0.15) is 0 Å². The maximum absolute atomic E-state index is 8.87. The Labute approximate surface area is 84.9 Å². The van der Waals surface area contributed by atoms with Gasteiger partial charge in [-0.15, -0.1) is 0 Å². The third kappa shape index (κ3) is 3.50. The average molecular weight is 193 g/mol. The number of rotatable bonds is 5. The SMILES string of the molecule is CNCCCc1ccc(B(O)O)cc1. The van der Waals surface area contributed by atoms with Crippen LogP contribution in [-0.4, -0.2) is 30.8 Å². The predicted molar refractivity (Wildman–Crippen MR) is 58.5 cm³/mol. The molecule has 0 bridgehead atoms. The molecule has 1 rings (SSSR count). The van der Waals surface area contributed by atoms with E-state index >= 15 is 0 Å². The lowest BCUT2D eigenvalue weighted by Crippen LogP contribution is -2.29. The van der Waals surface area contributed by atoms with Crippen LogP contribution in [0.2, 0.25) is 0 Å². The minimum Gasteiger partial charge on any atom is -0.423 e. The molecular weight excluding hydrogens is 177 g/mol. The van der Waals surface area contributed by atoms with Crippen LogP contribution in [0.15, 0.2) is 24.3 Å². The molecule has 0 aliphatic rings. The third-order valence-corrected chi connectivity index (χ3v) is 2.17. The predicted octanol–water partition coefficient (Wildman–Crippen LogP) is -0.482. The molecule has 0 heterocycles. The smallest absolute Gasteiger partial charge is 0.423 e. The third-order valence-electron chi connectivity index (χ3n) is 2.17. The second-order valence-corrected chi connectivity index (χ2v) is 3.32. The van der Waals surface area contributed by atoms with Crippen molar-refractivity contribution >= 4 is 12.6 Å². The van der Waals surface area contributed by atoms with Crippen molar-refractivity contribution in [3.8, 4) is 0 Å². The number of benzene rings is 1. The van der Waals surface area contributed by atoms with E-state index in [9.17, 15) is 0 Å². The molecule has 1 aromatic carbocycles.